The molecule has 0 saturated heterocycles. The second-order valence-electron chi connectivity index (χ2n) is 6.52. The first kappa shape index (κ1) is 23.7. The number of nitrogens with one attached hydrogen (secondary N) is 1. The van der Waals surface area contributed by atoms with Crippen LogP contribution in [0.15, 0.2) is 36.4 Å². The van der Waals surface area contributed by atoms with Gasteiger partial charge in [0.1, 0.15) is 5.75 Å². The molecule has 0 fully saturated rings. The third-order valence-electron chi connectivity index (χ3n) is 4.42. The van der Waals surface area contributed by atoms with E-state index in [1.807, 2.05) is 4.90 Å². The van der Waals surface area contributed by atoms with Crippen LogP contribution in [0.2, 0.25) is 5.02 Å². The van der Waals surface area contributed by atoms with Crippen molar-refractivity contribution in [3.05, 3.63) is 47.0 Å². The topological polar surface area (TPSA) is 60.0 Å². The molecule has 2 aromatic rings. The molecular formula is C21H25ClF2N2O4. The van der Waals surface area contributed by atoms with E-state index in [2.05, 4.69) is 10.1 Å². The summed E-state index contributed by atoms with van der Waals surface area (Å²) < 4.78 is 40.1. The van der Waals surface area contributed by atoms with E-state index in [0.29, 0.717) is 29.6 Å². The highest BCUT2D eigenvalue weighted by atomic mass is 35.5. The van der Waals surface area contributed by atoms with Crippen LogP contribution in [-0.4, -0.2) is 44.2 Å². The van der Waals surface area contributed by atoms with Gasteiger partial charge in [-0.15, -0.1) is 0 Å². The minimum absolute atomic E-state index is 0.0274. The van der Waals surface area contributed by atoms with Crippen LogP contribution in [0.1, 0.15) is 19.4 Å². The molecule has 1 unspecified atom stereocenters. The zero-order valence-corrected chi connectivity index (χ0v) is 18.0. The highest BCUT2D eigenvalue weighted by Gasteiger charge is 2.20. The van der Waals surface area contributed by atoms with Gasteiger partial charge < -0.3 is 19.5 Å². The molecular weight excluding hydrogens is 418 g/mol. The molecule has 2 rings (SSSR count). The van der Waals surface area contributed by atoms with Crippen LogP contribution >= 0.6 is 11.6 Å². The first-order chi connectivity index (χ1) is 14.2. The van der Waals surface area contributed by atoms with Crippen LogP contribution in [0.3, 0.4) is 0 Å². The number of anilines is 1. The summed E-state index contributed by atoms with van der Waals surface area (Å²) in [5, 5.41) is 3.21. The van der Waals surface area contributed by atoms with E-state index in [0.717, 1.165) is 5.56 Å². The Bertz CT molecular complexity index is 867. The third-order valence-corrected chi connectivity index (χ3v) is 4.71. The molecule has 1 atom stereocenters. The number of hydrogen-bond acceptors (Lipinski definition) is 5. The first-order valence-corrected chi connectivity index (χ1v) is 9.68. The molecule has 1 N–H and O–H groups in total. The number of likely N-dealkylation sites (N-methyl/N-ethyl adjacent to an activating group) is 1. The zero-order valence-electron chi connectivity index (χ0n) is 17.2. The summed E-state index contributed by atoms with van der Waals surface area (Å²) in [6.45, 7) is 1.28. The van der Waals surface area contributed by atoms with E-state index in [1.54, 1.807) is 51.2 Å². The van der Waals surface area contributed by atoms with Crippen molar-refractivity contribution >= 4 is 23.2 Å². The molecule has 0 radical (unpaired) electrons. The summed E-state index contributed by atoms with van der Waals surface area (Å²) in [4.78, 5) is 14.4. The van der Waals surface area contributed by atoms with Crippen molar-refractivity contribution in [2.24, 2.45) is 0 Å². The van der Waals surface area contributed by atoms with E-state index >= 15 is 0 Å². The summed E-state index contributed by atoms with van der Waals surface area (Å²) in [6.07, 6.45) is 0. The SMILES string of the molecule is CCOc1cc(CN(C)C(C)C(=O)Nc2ccc(OC)c(Cl)c2)ccc1OC(F)F. The standard InChI is InChI=1S/C21H25ClF2N2O4/c1-5-29-19-10-14(6-8-18(19)30-21(23)24)12-26(3)13(2)20(27)25-15-7-9-17(28-4)16(22)11-15/h6-11,13,21H,5,12H2,1-4H3,(H,25,27). The maximum Gasteiger partial charge on any atom is 0.387 e. The van der Waals surface area contributed by atoms with Crippen LogP contribution in [0, 0.1) is 0 Å². The molecule has 0 aromatic heterocycles. The number of alkyl halides is 2. The van der Waals surface area contributed by atoms with E-state index in [1.165, 1.54) is 13.2 Å². The Morgan fingerprint density at radius 2 is 1.87 bits per heavy atom. The molecule has 0 heterocycles. The predicted octanol–water partition coefficient (Wildman–Crippen LogP) is 4.81. The number of hydrogen-bond donors (Lipinski definition) is 1. The Morgan fingerprint density at radius 1 is 1.17 bits per heavy atom. The van der Waals surface area contributed by atoms with Crippen molar-refractivity contribution in [3.63, 3.8) is 0 Å². The molecule has 0 spiro atoms. The maximum atomic E-state index is 12.6. The number of methoxy groups -OCH3 is 1. The monoisotopic (exact) mass is 442 g/mol. The van der Waals surface area contributed by atoms with Crippen LogP contribution in [0.4, 0.5) is 14.5 Å². The average Bonchev–Trinajstić information content (AvgIpc) is 2.69. The van der Waals surface area contributed by atoms with E-state index in [-0.39, 0.29) is 17.4 Å². The highest BCUT2D eigenvalue weighted by molar-refractivity contribution is 6.32. The summed E-state index contributed by atoms with van der Waals surface area (Å²) in [7, 11) is 3.30. The minimum Gasteiger partial charge on any atom is -0.495 e. The lowest BCUT2D eigenvalue weighted by atomic mass is 10.1. The van der Waals surface area contributed by atoms with Gasteiger partial charge in [-0.1, -0.05) is 17.7 Å². The molecule has 2 aromatic carbocycles. The van der Waals surface area contributed by atoms with Gasteiger partial charge in [-0.25, -0.2) is 0 Å². The molecule has 0 saturated carbocycles. The average molecular weight is 443 g/mol. The number of carbonyl (C=O) groups is 1. The van der Waals surface area contributed by atoms with Gasteiger partial charge in [-0.3, -0.25) is 9.69 Å². The van der Waals surface area contributed by atoms with Crippen molar-refractivity contribution in [1.29, 1.82) is 0 Å². The van der Waals surface area contributed by atoms with Gasteiger partial charge in [0.25, 0.3) is 0 Å². The van der Waals surface area contributed by atoms with Crippen molar-refractivity contribution in [3.8, 4) is 17.2 Å². The number of carbonyl (C=O) groups excluding carboxylic acids is 1. The fourth-order valence-corrected chi connectivity index (χ4v) is 2.99. The van der Waals surface area contributed by atoms with Gasteiger partial charge in [-0.2, -0.15) is 8.78 Å². The zero-order chi connectivity index (χ0) is 22.3. The van der Waals surface area contributed by atoms with E-state index in [9.17, 15) is 13.6 Å². The number of nitrogens with zero attached hydrogens (tertiary/aromatic N) is 1. The summed E-state index contributed by atoms with van der Waals surface area (Å²) in [5.41, 5.74) is 1.34. The summed E-state index contributed by atoms with van der Waals surface area (Å²) in [6, 6.07) is 9.23. The van der Waals surface area contributed by atoms with Crippen LogP contribution in [-0.2, 0) is 11.3 Å². The van der Waals surface area contributed by atoms with Crippen LogP contribution in [0.5, 0.6) is 17.2 Å². The second kappa shape index (κ2) is 11.0. The molecule has 0 aliphatic carbocycles. The molecule has 0 aliphatic rings. The summed E-state index contributed by atoms with van der Waals surface area (Å²) >= 11 is 6.09. The number of benzene rings is 2. The quantitative estimate of drug-likeness (QED) is 0.572. The van der Waals surface area contributed by atoms with E-state index in [4.69, 9.17) is 21.1 Å². The van der Waals surface area contributed by atoms with Crippen molar-refractivity contribution in [2.75, 3.05) is 26.1 Å². The Hall–Kier alpha value is -2.58. The van der Waals surface area contributed by atoms with Gasteiger partial charge in [0.05, 0.1) is 24.8 Å². The van der Waals surface area contributed by atoms with Gasteiger partial charge in [-0.05, 0) is 56.8 Å². The van der Waals surface area contributed by atoms with Crippen molar-refractivity contribution in [1.82, 2.24) is 4.90 Å². The van der Waals surface area contributed by atoms with E-state index < -0.39 is 12.7 Å². The molecule has 30 heavy (non-hydrogen) atoms. The smallest absolute Gasteiger partial charge is 0.387 e. The largest absolute Gasteiger partial charge is 0.495 e. The van der Waals surface area contributed by atoms with Crippen LogP contribution < -0.4 is 19.5 Å². The van der Waals surface area contributed by atoms with Gasteiger partial charge in [0.2, 0.25) is 5.91 Å². The van der Waals surface area contributed by atoms with Gasteiger partial charge in [0, 0.05) is 12.2 Å². The Balaban J connectivity index is 2.05. The lowest BCUT2D eigenvalue weighted by molar-refractivity contribution is -0.120. The first-order valence-electron chi connectivity index (χ1n) is 9.30. The van der Waals surface area contributed by atoms with Crippen molar-refractivity contribution in [2.45, 2.75) is 33.0 Å². The van der Waals surface area contributed by atoms with Crippen molar-refractivity contribution < 1.29 is 27.8 Å². The lowest BCUT2D eigenvalue weighted by Crippen LogP contribution is -2.39. The van der Waals surface area contributed by atoms with Gasteiger partial charge in [0.15, 0.2) is 11.5 Å². The Morgan fingerprint density at radius 3 is 2.47 bits per heavy atom. The number of amides is 1. The number of ether oxygens (including phenoxy) is 3. The molecule has 9 heteroatoms. The third kappa shape index (κ3) is 6.47. The fourth-order valence-electron chi connectivity index (χ4n) is 2.73. The van der Waals surface area contributed by atoms with Crippen LogP contribution in [0.25, 0.3) is 0 Å². The molecule has 0 bridgehead atoms. The second-order valence-corrected chi connectivity index (χ2v) is 6.93. The Kier molecular flexibility index (Phi) is 8.68. The maximum absolute atomic E-state index is 12.6. The van der Waals surface area contributed by atoms with Gasteiger partial charge >= 0.3 is 6.61 Å². The molecule has 6 nitrogen and oxygen atoms in total. The predicted molar refractivity (Wildman–Crippen MR) is 112 cm³/mol. The molecule has 164 valence electrons. The number of halogens is 3. The number of rotatable bonds is 10. The summed E-state index contributed by atoms with van der Waals surface area (Å²) in [5.74, 6) is 0.500. The fraction of sp³-hybridized carbons (Fsp3) is 0.381. The molecule has 1 amide bonds. The normalized spacial score (nSPS) is 12.0. The minimum atomic E-state index is -2.94. The highest BCUT2D eigenvalue weighted by Crippen LogP contribution is 2.31. The Labute approximate surface area is 179 Å². The lowest BCUT2D eigenvalue weighted by Gasteiger charge is -2.24. The molecule has 0 aliphatic heterocycles.